The van der Waals surface area contributed by atoms with Crippen LogP contribution in [0.3, 0.4) is 0 Å². The molecule has 1 aromatic rings. The van der Waals surface area contributed by atoms with Gasteiger partial charge < -0.3 is 15.2 Å². The number of ether oxygens (including phenoxy) is 1. The molecule has 0 aromatic heterocycles. The van der Waals surface area contributed by atoms with Crippen LogP contribution in [0.15, 0.2) is 22.7 Å². The second-order valence-corrected chi connectivity index (χ2v) is 4.03. The van der Waals surface area contributed by atoms with Crippen molar-refractivity contribution in [1.82, 2.24) is 5.32 Å². The first-order valence-electron chi connectivity index (χ1n) is 4.84. The standard InChI is InChI=1S/C11H9BrN2O4/c12-8-5-7(11(16)17)1-2-9(8)18-6-10(15)14-4-3-13/h1-2,5H,4,6H2,(H,14,15)(H,16,17). The van der Waals surface area contributed by atoms with Crippen LogP contribution in [0.5, 0.6) is 5.75 Å². The molecule has 0 bridgehead atoms. The maximum absolute atomic E-state index is 11.2. The Kier molecular flexibility index (Phi) is 5.14. The predicted molar refractivity (Wildman–Crippen MR) is 65.2 cm³/mol. The molecule has 0 aliphatic rings. The lowest BCUT2D eigenvalue weighted by Crippen LogP contribution is -2.29. The highest BCUT2D eigenvalue weighted by molar-refractivity contribution is 9.10. The zero-order valence-electron chi connectivity index (χ0n) is 9.14. The number of nitriles is 1. The number of nitrogens with one attached hydrogen (secondary N) is 1. The van der Waals surface area contributed by atoms with Crippen LogP contribution in [-0.2, 0) is 4.79 Å². The maximum atomic E-state index is 11.2. The van der Waals surface area contributed by atoms with E-state index in [-0.39, 0.29) is 18.7 Å². The summed E-state index contributed by atoms with van der Waals surface area (Å²) in [6, 6.07) is 5.97. The van der Waals surface area contributed by atoms with E-state index in [1.54, 1.807) is 6.07 Å². The highest BCUT2D eigenvalue weighted by Crippen LogP contribution is 2.25. The molecule has 18 heavy (non-hydrogen) atoms. The Morgan fingerprint density at radius 3 is 2.78 bits per heavy atom. The molecule has 1 aromatic carbocycles. The fourth-order valence-electron chi connectivity index (χ4n) is 1.08. The third-order valence-corrected chi connectivity index (χ3v) is 2.52. The van der Waals surface area contributed by atoms with Gasteiger partial charge in [0.15, 0.2) is 6.61 Å². The van der Waals surface area contributed by atoms with Crippen molar-refractivity contribution < 1.29 is 19.4 Å². The highest BCUT2D eigenvalue weighted by Gasteiger charge is 2.09. The Morgan fingerprint density at radius 2 is 2.22 bits per heavy atom. The summed E-state index contributed by atoms with van der Waals surface area (Å²) < 4.78 is 5.61. The van der Waals surface area contributed by atoms with Gasteiger partial charge in [-0.3, -0.25) is 4.79 Å². The molecule has 7 heteroatoms. The summed E-state index contributed by atoms with van der Waals surface area (Å²) in [6.07, 6.45) is 0. The zero-order valence-corrected chi connectivity index (χ0v) is 10.7. The van der Waals surface area contributed by atoms with Gasteiger partial charge in [-0.2, -0.15) is 5.26 Å². The lowest BCUT2D eigenvalue weighted by atomic mass is 10.2. The first-order chi connectivity index (χ1) is 8.54. The average molecular weight is 313 g/mol. The fourth-order valence-corrected chi connectivity index (χ4v) is 1.58. The molecule has 0 atom stereocenters. The third-order valence-electron chi connectivity index (χ3n) is 1.90. The smallest absolute Gasteiger partial charge is 0.335 e. The van der Waals surface area contributed by atoms with Crippen molar-refractivity contribution in [2.24, 2.45) is 0 Å². The highest BCUT2D eigenvalue weighted by atomic mass is 79.9. The monoisotopic (exact) mass is 312 g/mol. The first kappa shape index (κ1) is 14.0. The van der Waals surface area contributed by atoms with Gasteiger partial charge in [-0.1, -0.05) is 0 Å². The second kappa shape index (κ2) is 6.61. The molecule has 0 aliphatic heterocycles. The minimum atomic E-state index is -1.05. The van der Waals surface area contributed by atoms with Gasteiger partial charge in [0.2, 0.25) is 0 Å². The van der Waals surface area contributed by atoms with Crippen molar-refractivity contribution in [2.45, 2.75) is 0 Å². The van der Waals surface area contributed by atoms with Crippen LogP contribution in [0.1, 0.15) is 10.4 Å². The molecule has 0 fully saturated rings. The van der Waals surface area contributed by atoms with Gasteiger partial charge in [-0.25, -0.2) is 4.79 Å². The molecule has 0 saturated carbocycles. The van der Waals surface area contributed by atoms with E-state index in [9.17, 15) is 9.59 Å². The van der Waals surface area contributed by atoms with Crippen LogP contribution in [0.4, 0.5) is 0 Å². The van der Waals surface area contributed by atoms with Crippen LogP contribution in [0, 0.1) is 11.3 Å². The molecule has 1 amide bonds. The molecule has 0 spiro atoms. The van der Waals surface area contributed by atoms with E-state index in [4.69, 9.17) is 15.1 Å². The minimum absolute atomic E-state index is 0.0820. The van der Waals surface area contributed by atoms with E-state index in [1.165, 1.54) is 18.2 Å². The van der Waals surface area contributed by atoms with Gasteiger partial charge in [0.1, 0.15) is 12.3 Å². The largest absolute Gasteiger partial charge is 0.483 e. The predicted octanol–water partition coefficient (Wildman–Crippen LogP) is 1.17. The van der Waals surface area contributed by atoms with Crippen molar-refractivity contribution in [1.29, 1.82) is 5.26 Å². The maximum Gasteiger partial charge on any atom is 0.335 e. The van der Waals surface area contributed by atoms with Crippen molar-refractivity contribution >= 4 is 27.8 Å². The van der Waals surface area contributed by atoms with E-state index >= 15 is 0 Å². The zero-order chi connectivity index (χ0) is 13.5. The lowest BCUT2D eigenvalue weighted by molar-refractivity contribution is -0.122. The molecule has 1 rings (SSSR count). The van der Waals surface area contributed by atoms with E-state index in [0.717, 1.165) is 0 Å². The van der Waals surface area contributed by atoms with Gasteiger partial charge >= 0.3 is 5.97 Å². The van der Waals surface area contributed by atoms with E-state index in [1.807, 2.05) is 0 Å². The minimum Gasteiger partial charge on any atom is -0.483 e. The van der Waals surface area contributed by atoms with E-state index in [2.05, 4.69) is 21.2 Å². The number of carbonyl (C=O) groups is 2. The number of carboxylic acid groups (broad SMARTS) is 1. The molecule has 2 N–H and O–H groups in total. The number of carboxylic acids is 1. The Bertz CT molecular complexity index is 510. The van der Waals surface area contributed by atoms with Crippen LogP contribution >= 0.6 is 15.9 Å². The molecule has 0 radical (unpaired) electrons. The number of halogens is 1. The van der Waals surface area contributed by atoms with Gasteiger partial charge in [0.25, 0.3) is 5.91 Å². The quantitative estimate of drug-likeness (QED) is 0.795. The number of benzene rings is 1. The summed E-state index contributed by atoms with van der Waals surface area (Å²) in [5, 5.41) is 19.3. The molecule has 94 valence electrons. The number of carbonyl (C=O) groups excluding carboxylic acids is 1. The second-order valence-electron chi connectivity index (χ2n) is 3.17. The van der Waals surface area contributed by atoms with Crippen LogP contribution in [0.2, 0.25) is 0 Å². The summed E-state index contributed by atoms with van der Waals surface area (Å²) in [5.41, 5.74) is 0.114. The summed E-state index contributed by atoms with van der Waals surface area (Å²) >= 11 is 3.15. The van der Waals surface area contributed by atoms with Crippen LogP contribution < -0.4 is 10.1 Å². The number of hydrogen-bond acceptors (Lipinski definition) is 4. The van der Waals surface area contributed by atoms with Crippen molar-refractivity contribution in [3.05, 3.63) is 28.2 Å². The Labute approximate surface area is 111 Å². The van der Waals surface area contributed by atoms with Gasteiger partial charge in [-0.15, -0.1) is 0 Å². The van der Waals surface area contributed by atoms with Crippen molar-refractivity contribution in [3.63, 3.8) is 0 Å². The Morgan fingerprint density at radius 1 is 1.50 bits per heavy atom. The molecule has 0 aliphatic carbocycles. The molecule has 0 saturated heterocycles. The van der Waals surface area contributed by atoms with Crippen molar-refractivity contribution in [2.75, 3.05) is 13.2 Å². The number of amides is 1. The number of nitrogens with zero attached hydrogens (tertiary/aromatic N) is 1. The van der Waals surface area contributed by atoms with Crippen LogP contribution in [-0.4, -0.2) is 30.1 Å². The third kappa shape index (κ3) is 4.07. The lowest BCUT2D eigenvalue weighted by Gasteiger charge is -2.08. The van der Waals surface area contributed by atoms with E-state index < -0.39 is 11.9 Å². The Hall–Kier alpha value is -2.07. The Balaban J connectivity index is 2.61. The fraction of sp³-hybridized carbons (Fsp3) is 0.182. The van der Waals surface area contributed by atoms with Gasteiger partial charge in [0.05, 0.1) is 16.1 Å². The molecule has 0 heterocycles. The summed E-state index contributed by atoms with van der Waals surface area (Å²) in [6.45, 7) is -0.325. The summed E-state index contributed by atoms with van der Waals surface area (Å²) in [4.78, 5) is 21.9. The average Bonchev–Trinajstić information content (AvgIpc) is 2.34. The van der Waals surface area contributed by atoms with Gasteiger partial charge in [0, 0.05) is 0 Å². The SMILES string of the molecule is N#CCNC(=O)COc1ccc(C(=O)O)cc1Br. The normalized spacial score (nSPS) is 9.33. The summed E-state index contributed by atoms with van der Waals surface area (Å²) in [5.74, 6) is -1.12. The van der Waals surface area contributed by atoms with Gasteiger partial charge in [-0.05, 0) is 34.1 Å². The van der Waals surface area contributed by atoms with E-state index in [0.29, 0.717) is 10.2 Å². The molecule has 0 unspecified atom stereocenters. The summed E-state index contributed by atoms with van der Waals surface area (Å²) in [7, 11) is 0. The number of hydrogen-bond donors (Lipinski definition) is 2. The number of rotatable bonds is 5. The molecular weight excluding hydrogens is 304 g/mol. The molecular formula is C11H9BrN2O4. The van der Waals surface area contributed by atoms with Crippen molar-refractivity contribution in [3.8, 4) is 11.8 Å². The molecule has 6 nitrogen and oxygen atoms in total. The van der Waals surface area contributed by atoms with Crippen LogP contribution in [0.25, 0.3) is 0 Å². The topological polar surface area (TPSA) is 99.4 Å². The number of aromatic carboxylic acids is 1. The first-order valence-corrected chi connectivity index (χ1v) is 5.63.